The molecule has 104 valence electrons. The first kappa shape index (κ1) is 14.9. The number of aliphatic carboxylic acids is 1. The number of amides is 1. The Morgan fingerprint density at radius 2 is 1.78 bits per heavy atom. The quantitative estimate of drug-likeness (QED) is 0.660. The maximum atomic E-state index is 12.1. The molecule has 0 aromatic carbocycles. The highest BCUT2D eigenvalue weighted by molar-refractivity contribution is 5.86. The van der Waals surface area contributed by atoms with Gasteiger partial charge in [-0.3, -0.25) is 4.79 Å². The molecule has 1 fully saturated rings. The van der Waals surface area contributed by atoms with Crippen molar-refractivity contribution < 1.29 is 24.5 Å². The van der Waals surface area contributed by atoms with Crippen LogP contribution in [0.15, 0.2) is 0 Å². The van der Waals surface area contributed by atoms with Crippen LogP contribution >= 0.6 is 0 Å². The monoisotopic (exact) mass is 259 g/mol. The second-order valence-corrected chi connectivity index (χ2v) is 5.00. The fourth-order valence-corrected chi connectivity index (χ4v) is 2.36. The number of ether oxygens (including phenoxy) is 1. The fourth-order valence-electron chi connectivity index (χ4n) is 2.36. The second-order valence-electron chi connectivity index (χ2n) is 5.00. The van der Waals surface area contributed by atoms with Crippen LogP contribution in [0.2, 0.25) is 0 Å². The van der Waals surface area contributed by atoms with Gasteiger partial charge in [-0.25, -0.2) is 4.79 Å². The van der Waals surface area contributed by atoms with Crippen LogP contribution < -0.4 is 5.32 Å². The Hall–Kier alpha value is -1.14. The molecule has 18 heavy (non-hydrogen) atoms. The van der Waals surface area contributed by atoms with Crippen molar-refractivity contribution >= 4 is 11.9 Å². The summed E-state index contributed by atoms with van der Waals surface area (Å²) in [4.78, 5) is 23.0. The van der Waals surface area contributed by atoms with Crippen molar-refractivity contribution in [2.45, 2.75) is 52.0 Å². The first-order valence-electron chi connectivity index (χ1n) is 6.12. The fraction of sp³-hybridized carbons (Fsp3) is 0.833. The summed E-state index contributed by atoms with van der Waals surface area (Å²) in [6.07, 6.45) is -1.43. The summed E-state index contributed by atoms with van der Waals surface area (Å²) in [6, 6.07) is -1.28. The van der Waals surface area contributed by atoms with E-state index in [0.717, 1.165) is 0 Å². The number of rotatable bonds is 4. The van der Waals surface area contributed by atoms with Crippen LogP contribution in [0.3, 0.4) is 0 Å². The Morgan fingerprint density at radius 1 is 1.22 bits per heavy atom. The van der Waals surface area contributed by atoms with Crippen molar-refractivity contribution in [3.8, 4) is 0 Å². The summed E-state index contributed by atoms with van der Waals surface area (Å²) in [5, 5.41) is 20.6. The maximum absolute atomic E-state index is 12.1. The van der Waals surface area contributed by atoms with Crippen molar-refractivity contribution in [1.82, 2.24) is 5.32 Å². The molecule has 1 heterocycles. The van der Waals surface area contributed by atoms with Crippen LogP contribution in [0.1, 0.15) is 27.7 Å². The number of hydrogen-bond donors (Lipinski definition) is 3. The molecule has 1 amide bonds. The molecule has 0 aromatic heterocycles. The minimum Gasteiger partial charge on any atom is -0.480 e. The Labute approximate surface area is 106 Å². The molecule has 0 radical (unpaired) electrons. The zero-order valence-corrected chi connectivity index (χ0v) is 11.1. The molecule has 1 saturated heterocycles. The SMILES string of the molecule is CC(O)C(NC(=O)C1C(C)OC(C)C1C)C(=O)O. The third-order valence-corrected chi connectivity index (χ3v) is 3.59. The summed E-state index contributed by atoms with van der Waals surface area (Å²) in [7, 11) is 0. The van der Waals surface area contributed by atoms with Crippen LogP contribution in [-0.2, 0) is 14.3 Å². The Kier molecular flexibility index (Phi) is 4.70. The average molecular weight is 259 g/mol. The zero-order chi connectivity index (χ0) is 14.0. The van der Waals surface area contributed by atoms with E-state index < -0.39 is 18.1 Å². The van der Waals surface area contributed by atoms with Crippen molar-refractivity contribution in [3.05, 3.63) is 0 Å². The molecule has 6 heteroatoms. The number of carbonyl (C=O) groups excluding carboxylic acids is 1. The highest BCUT2D eigenvalue weighted by Gasteiger charge is 2.42. The minimum atomic E-state index is -1.28. The molecule has 1 rings (SSSR count). The van der Waals surface area contributed by atoms with Crippen LogP contribution in [0.25, 0.3) is 0 Å². The van der Waals surface area contributed by atoms with E-state index in [1.165, 1.54) is 6.92 Å². The van der Waals surface area contributed by atoms with Crippen LogP contribution in [0.5, 0.6) is 0 Å². The van der Waals surface area contributed by atoms with Crippen LogP contribution in [0, 0.1) is 11.8 Å². The van der Waals surface area contributed by atoms with E-state index in [1.807, 2.05) is 13.8 Å². The molecule has 1 aliphatic heterocycles. The topological polar surface area (TPSA) is 95.9 Å². The lowest BCUT2D eigenvalue weighted by Gasteiger charge is -2.22. The number of hydrogen-bond acceptors (Lipinski definition) is 4. The molecule has 0 spiro atoms. The number of aliphatic hydroxyl groups is 1. The van der Waals surface area contributed by atoms with Gasteiger partial charge >= 0.3 is 5.97 Å². The molecule has 6 nitrogen and oxygen atoms in total. The minimum absolute atomic E-state index is 0.0171. The van der Waals surface area contributed by atoms with Gasteiger partial charge in [-0.15, -0.1) is 0 Å². The molecule has 6 unspecified atom stereocenters. The van der Waals surface area contributed by atoms with E-state index >= 15 is 0 Å². The first-order valence-corrected chi connectivity index (χ1v) is 6.12. The van der Waals surface area contributed by atoms with Crippen molar-refractivity contribution in [2.24, 2.45) is 11.8 Å². The van der Waals surface area contributed by atoms with Gasteiger partial charge in [0.2, 0.25) is 5.91 Å². The zero-order valence-electron chi connectivity index (χ0n) is 11.1. The van der Waals surface area contributed by atoms with Gasteiger partial charge in [-0.05, 0) is 26.7 Å². The number of aliphatic hydroxyl groups excluding tert-OH is 1. The van der Waals surface area contributed by atoms with E-state index in [9.17, 15) is 14.7 Å². The summed E-state index contributed by atoms with van der Waals surface area (Å²) in [5.74, 6) is -2.00. The largest absolute Gasteiger partial charge is 0.480 e. The number of nitrogens with one attached hydrogen (secondary N) is 1. The predicted molar refractivity (Wildman–Crippen MR) is 63.9 cm³/mol. The summed E-state index contributed by atoms with van der Waals surface area (Å²) >= 11 is 0. The second kappa shape index (κ2) is 5.67. The van der Waals surface area contributed by atoms with Gasteiger partial charge in [-0.2, -0.15) is 0 Å². The van der Waals surface area contributed by atoms with E-state index in [4.69, 9.17) is 9.84 Å². The van der Waals surface area contributed by atoms with Gasteiger partial charge in [0, 0.05) is 0 Å². The van der Waals surface area contributed by atoms with Crippen LogP contribution in [-0.4, -0.2) is 46.4 Å². The molecule has 1 aliphatic rings. The Bertz CT molecular complexity index is 330. The molecule has 0 saturated carbocycles. The van der Waals surface area contributed by atoms with E-state index in [1.54, 1.807) is 6.92 Å². The lowest BCUT2D eigenvalue weighted by Crippen LogP contribution is -2.51. The number of carbonyl (C=O) groups is 2. The average Bonchev–Trinajstić information content (AvgIpc) is 2.48. The van der Waals surface area contributed by atoms with Gasteiger partial charge in [-0.1, -0.05) is 6.92 Å². The van der Waals surface area contributed by atoms with Gasteiger partial charge in [0.15, 0.2) is 6.04 Å². The molecule has 3 N–H and O–H groups in total. The van der Waals surface area contributed by atoms with Crippen molar-refractivity contribution in [1.29, 1.82) is 0 Å². The van der Waals surface area contributed by atoms with Crippen LogP contribution in [0.4, 0.5) is 0 Å². The lowest BCUT2D eigenvalue weighted by molar-refractivity contribution is -0.146. The van der Waals surface area contributed by atoms with Crippen molar-refractivity contribution in [3.63, 3.8) is 0 Å². The van der Waals surface area contributed by atoms with Gasteiger partial charge in [0.05, 0.1) is 24.2 Å². The predicted octanol–water partition coefficient (Wildman–Crippen LogP) is -0.00390. The summed E-state index contributed by atoms with van der Waals surface area (Å²) in [6.45, 7) is 6.91. The molecule has 0 aliphatic carbocycles. The third kappa shape index (κ3) is 3.00. The summed E-state index contributed by atoms with van der Waals surface area (Å²) < 4.78 is 5.54. The Morgan fingerprint density at radius 3 is 2.11 bits per heavy atom. The normalized spacial score (nSPS) is 34.9. The molecular weight excluding hydrogens is 238 g/mol. The highest BCUT2D eigenvalue weighted by atomic mass is 16.5. The highest BCUT2D eigenvalue weighted by Crippen LogP contribution is 2.32. The number of carboxylic acids is 1. The van der Waals surface area contributed by atoms with Gasteiger partial charge in [0.25, 0.3) is 0 Å². The molecule has 6 atom stereocenters. The molecular formula is C12H21NO5. The van der Waals surface area contributed by atoms with E-state index in [2.05, 4.69) is 5.32 Å². The summed E-state index contributed by atoms with van der Waals surface area (Å²) in [5.41, 5.74) is 0. The third-order valence-electron chi connectivity index (χ3n) is 3.59. The maximum Gasteiger partial charge on any atom is 0.328 e. The first-order chi connectivity index (χ1) is 8.25. The molecule has 0 bridgehead atoms. The number of carboxylic acid groups (broad SMARTS) is 1. The van der Waals surface area contributed by atoms with Gasteiger partial charge in [0.1, 0.15) is 0 Å². The van der Waals surface area contributed by atoms with Crippen molar-refractivity contribution in [2.75, 3.05) is 0 Å². The Balaban J connectivity index is 2.73. The van der Waals surface area contributed by atoms with E-state index in [0.29, 0.717) is 0 Å². The lowest BCUT2D eigenvalue weighted by atomic mass is 9.88. The van der Waals surface area contributed by atoms with E-state index in [-0.39, 0.29) is 30.0 Å². The van der Waals surface area contributed by atoms with Gasteiger partial charge < -0.3 is 20.3 Å². The standard InChI is InChI=1S/C12H21NO5/c1-5-7(3)18-8(4)9(5)11(15)13-10(6(2)14)12(16)17/h5-10,14H,1-4H3,(H,13,15)(H,16,17). The smallest absolute Gasteiger partial charge is 0.328 e. The molecule has 0 aromatic rings.